The summed E-state index contributed by atoms with van der Waals surface area (Å²) >= 11 is 13.6. The zero-order valence-electron chi connectivity index (χ0n) is 25.6. The Hall–Kier alpha value is -4.71. The predicted molar refractivity (Wildman–Crippen MR) is 203 cm³/mol. The van der Waals surface area contributed by atoms with E-state index in [1.807, 2.05) is 91.9 Å². The maximum Gasteiger partial charge on any atom is 0.276 e. The SMILES string of the molecule is C=C(OO)n1c(=O)/c(=C/c2ccc(N(c3ccccc3)c3ccc(C=Cc4ccc(Cl)cc4)cc3)cc2)s/c1=C1/SC(=S)N(CC)C1=O. The zero-order chi connectivity index (χ0) is 33.8. The third kappa shape index (κ3) is 6.94. The van der Waals surface area contributed by atoms with E-state index in [1.54, 1.807) is 6.08 Å². The molecule has 0 bridgehead atoms. The molecule has 1 N–H and O–H groups in total. The lowest BCUT2D eigenvalue weighted by atomic mass is 10.1. The molecule has 7 nitrogen and oxygen atoms in total. The highest BCUT2D eigenvalue weighted by atomic mass is 35.5. The number of hydrogen-bond donors (Lipinski definition) is 1. The van der Waals surface area contributed by atoms with E-state index in [1.165, 1.54) is 4.90 Å². The van der Waals surface area contributed by atoms with Crippen molar-refractivity contribution in [1.82, 2.24) is 9.47 Å². The van der Waals surface area contributed by atoms with Gasteiger partial charge in [-0.3, -0.25) is 14.5 Å². The normalized spacial score (nSPS) is 14.6. The molecule has 4 aromatic carbocycles. The van der Waals surface area contributed by atoms with Gasteiger partial charge in [0.05, 0.1) is 4.53 Å². The molecule has 6 rings (SSSR count). The Morgan fingerprint density at radius 2 is 1.42 bits per heavy atom. The van der Waals surface area contributed by atoms with Crippen molar-refractivity contribution in [3.63, 3.8) is 0 Å². The van der Waals surface area contributed by atoms with Crippen LogP contribution < -0.4 is 19.7 Å². The smallest absolute Gasteiger partial charge is 0.276 e. The first-order valence-corrected chi connectivity index (χ1v) is 17.2. The van der Waals surface area contributed by atoms with Gasteiger partial charge in [-0.05, 0) is 84.8 Å². The van der Waals surface area contributed by atoms with E-state index in [-0.39, 0.29) is 21.4 Å². The second kappa shape index (κ2) is 14.6. The number of halogens is 1. The fourth-order valence-electron chi connectivity index (χ4n) is 5.10. The molecule has 1 fully saturated rings. The van der Waals surface area contributed by atoms with Crippen LogP contribution in [0.5, 0.6) is 0 Å². The molecule has 1 amide bonds. The molecule has 1 aliphatic heterocycles. The van der Waals surface area contributed by atoms with Gasteiger partial charge in [0.1, 0.15) is 13.9 Å². The van der Waals surface area contributed by atoms with Crippen LogP contribution in [0, 0.1) is 0 Å². The van der Waals surface area contributed by atoms with Crippen molar-refractivity contribution in [2.24, 2.45) is 0 Å². The molecule has 240 valence electrons. The second-order valence-corrected chi connectivity index (χ2v) is 13.6. The first-order valence-electron chi connectivity index (χ1n) is 14.8. The van der Waals surface area contributed by atoms with E-state index in [0.29, 0.717) is 20.4 Å². The molecule has 0 spiro atoms. The Bertz CT molecular complexity index is 2210. The molecule has 5 aromatic rings. The molecule has 1 saturated heterocycles. The second-order valence-electron chi connectivity index (χ2n) is 10.5. The number of rotatable bonds is 9. The van der Waals surface area contributed by atoms with Crippen molar-refractivity contribution in [2.45, 2.75) is 6.92 Å². The van der Waals surface area contributed by atoms with Crippen LogP contribution in [0.15, 0.2) is 115 Å². The van der Waals surface area contributed by atoms with Crippen LogP contribution in [0.25, 0.3) is 29.0 Å². The van der Waals surface area contributed by atoms with E-state index >= 15 is 0 Å². The Morgan fingerprint density at radius 1 is 0.875 bits per heavy atom. The molecule has 0 saturated carbocycles. The standard InChI is InChI=1S/C37H28ClN3O4S3/c1-3-39-35(43)33(48-37(39)46)36-40(24(2)45-44)34(42)32(47-36)23-27-15-21-31(22-16-27)41(29-7-5-4-6-8-29)30-19-13-26(14-20-30)10-9-25-11-17-28(38)18-12-25/h4-23,44H,2-3H2,1H3/b10-9?,32-23-,36-33+. The van der Waals surface area contributed by atoms with Gasteiger partial charge in [-0.25, -0.2) is 9.82 Å². The summed E-state index contributed by atoms with van der Waals surface area (Å²) in [5.74, 6) is -0.622. The molecule has 48 heavy (non-hydrogen) atoms. The van der Waals surface area contributed by atoms with Gasteiger partial charge in [0.25, 0.3) is 11.5 Å². The Kier molecular flexibility index (Phi) is 10.1. The number of anilines is 3. The fourth-order valence-corrected chi connectivity index (χ4v) is 7.85. The quantitative estimate of drug-likeness (QED) is 0.0548. The number of amides is 1. The first-order chi connectivity index (χ1) is 23.3. The van der Waals surface area contributed by atoms with Crippen LogP contribution in [0.3, 0.4) is 0 Å². The average molecular weight is 710 g/mol. The topological polar surface area (TPSA) is 75.0 Å². The summed E-state index contributed by atoms with van der Waals surface area (Å²) in [4.78, 5) is 34.8. The van der Waals surface area contributed by atoms with E-state index in [2.05, 4.69) is 46.7 Å². The zero-order valence-corrected chi connectivity index (χ0v) is 28.8. The lowest BCUT2D eigenvalue weighted by Crippen LogP contribution is -2.33. The minimum atomic E-state index is -0.476. The Morgan fingerprint density at radius 3 is 1.96 bits per heavy atom. The van der Waals surface area contributed by atoms with E-state index < -0.39 is 5.56 Å². The van der Waals surface area contributed by atoms with E-state index in [9.17, 15) is 14.8 Å². The molecule has 1 aromatic heterocycles. The van der Waals surface area contributed by atoms with Crippen molar-refractivity contribution in [3.05, 3.63) is 151 Å². The van der Waals surface area contributed by atoms with Crippen molar-refractivity contribution in [2.75, 3.05) is 11.4 Å². The molecule has 0 radical (unpaired) electrons. The summed E-state index contributed by atoms with van der Waals surface area (Å²) in [6, 6.07) is 33.9. The molecule has 0 atom stereocenters. The molecule has 11 heteroatoms. The summed E-state index contributed by atoms with van der Waals surface area (Å²) in [7, 11) is 0. The molecular formula is C37H28ClN3O4S3. The number of hydrogen-bond acceptors (Lipinski definition) is 8. The number of aromatic nitrogens is 1. The Labute approximate surface area is 295 Å². The lowest BCUT2D eigenvalue weighted by Gasteiger charge is -2.25. The van der Waals surface area contributed by atoms with Gasteiger partial charge in [0.2, 0.25) is 5.88 Å². The molecule has 0 unspecified atom stereocenters. The number of thiocarbonyl (C=S) groups is 1. The number of carbonyl (C=O) groups is 1. The highest BCUT2D eigenvalue weighted by Crippen LogP contribution is 2.35. The maximum atomic E-state index is 13.5. The number of nitrogens with zero attached hydrogens (tertiary/aromatic N) is 3. The van der Waals surface area contributed by atoms with Crippen LogP contribution in [0.4, 0.5) is 17.1 Å². The van der Waals surface area contributed by atoms with Crippen molar-refractivity contribution < 1.29 is 14.9 Å². The highest BCUT2D eigenvalue weighted by Gasteiger charge is 2.33. The maximum absolute atomic E-state index is 13.5. The molecule has 2 heterocycles. The average Bonchev–Trinajstić information content (AvgIpc) is 3.59. The van der Waals surface area contributed by atoms with Crippen LogP contribution >= 0.6 is 46.9 Å². The fraction of sp³-hybridized carbons (Fsp3) is 0.0541. The van der Waals surface area contributed by atoms with E-state index in [0.717, 1.165) is 61.4 Å². The van der Waals surface area contributed by atoms with Crippen LogP contribution in [-0.2, 0) is 9.68 Å². The van der Waals surface area contributed by atoms with Crippen LogP contribution in [0.1, 0.15) is 23.6 Å². The molecular weight excluding hydrogens is 682 g/mol. The van der Waals surface area contributed by atoms with Gasteiger partial charge >= 0.3 is 0 Å². The minimum absolute atomic E-state index is 0.280. The van der Waals surface area contributed by atoms with Crippen LogP contribution in [-0.4, -0.2) is 31.5 Å². The van der Waals surface area contributed by atoms with E-state index in [4.69, 9.17) is 23.8 Å². The lowest BCUT2D eigenvalue weighted by molar-refractivity contribution is -0.176. The number of thiazole rings is 1. The summed E-state index contributed by atoms with van der Waals surface area (Å²) in [5.41, 5.74) is 5.30. The number of para-hydroxylation sites is 1. The van der Waals surface area contributed by atoms with Crippen molar-refractivity contribution in [3.8, 4) is 0 Å². The van der Waals surface area contributed by atoms with Gasteiger partial charge < -0.3 is 9.79 Å². The predicted octanol–water partition coefficient (Wildman–Crippen LogP) is 7.94. The third-order valence-electron chi connectivity index (χ3n) is 7.49. The summed E-state index contributed by atoms with van der Waals surface area (Å²) in [5, 5.41) is 10.1. The van der Waals surface area contributed by atoms with Gasteiger partial charge in [0.15, 0.2) is 0 Å². The largest absolute Gasteiger partial charge is 0.322 e. The monoisotopic (exact) mass is 709 g/mol. The van der Waals surface area contributed by atoms with Gasteiger partial charge in [-0.2, -0.15) is 0 Å². The van der Waals surface area contributed by atoms with Gasteiger partial charge in [-0.1, -0.05) is 102 Å². The van der Waals surface area contributed by atoms with Crippen molar-refractivity contribution >= 4 is 103 Å². The summed E-state index contributed by atoms with van der Waals surface area (Å²) in [6.45, 7) is 5.87. The number of thioether (sulfide) groups is 1. The number of benzene rings is 4. The van der Waals surface area contributed by atoms with Crippen LogP contribution in [0.2, 0.25) is 5.02 Å². The van der Waals surface area contributed by atoms with Gasteiger partial charge in [-0.15, -0.1) is 11.3 Å². The molecule has 1 aliphatic rings. The highest BCUT2D eigenvalue weighted by molar-refractivity contribution is 8.30. The number of carbonyl (C=O) groups excluding carboxylic acids is 1. The Balaban J connectivity index is 1.35. The molecule has 0 aliphatic carbocycles. The summed E-state index contributed by atoms with van der Waals surface area (Å²) in [6.07, 6.45) is 5.84. The first kappa shape index (κ1) is 33.2. The minimum Gasteiger partial charge on any atom is -0.322 e. The van der Waals surface area contributed by atoms with Crippen molar-refractivity contribution in [1.29, 1.82) is 0 Å². The summed E-state index contributed by atoms with van der Waals surface area (Å²) < 4.78 is 2.11. The van der Waals surface area contributed by atoms with Gasteiger partial charge in [0, 0.05) is 28.6 Å². The third-order valence-corrected chi connectivity index (χ3v) is 10.4.